The summed E-state index contributed by atoms with van der Waals surface area (Å²) >= 11 is 0. The zero-order chi connectivity index (χ0) is 12.0. The highest BCUT2D eigenvalue weighted by Gasteiger charge is 2.30. The first-order chi connectivity index (χ1) is 7.63. The summed E-state index contributed by atoms with van der Waals surface area (Å²) in [7, 11) is 0. The van der Waals surface area contributed by atoms with Crippen LogP contribution in [-0.2, 0) is 14.3 Å². The van der Waals surface area contributed by atoms with Crippen LogP contribution in [0, 0.1) is 5.92 Å². The number of carbonyl (C=O) groups excluding carboxylic acids is 1. The molecule has 16 heavy (non-hydrogen) atoms. The summed E-state index contributed by atoms with van der Waals surface area (Å²) in [4.78, 5) is 22.1. The molecule has 0 saturated heterocycles. The second-order valence-corrected chi connectivity index (χ2v) is 4.06. The van der Waals surface area contributed by atoms with Gasteiger partial charge in [0, 0.05) is 19.1 Å². The van der Waals surface area contributed by atoms with Gasteiger partial charge in [-0.25, -0.2) is 0 Å². The minimum atomic E-state index is -0.758. The summed E-state index contributed by atoms with van der Waals surface area (Å²) < 4.78 is 5.07. The summed E-state index contributed by atoms with van der Waals surface area (Å²) in [6.07, 6.45) is 2.32. The lowest BCUT2D eigenvalue weighted by molar-refractivity contribution is -0.141. The molecule has 2 N–H and O–H groups in total. The van der Waals surface area contributed by atoms with Crippen LogP contribution < -0.4 is 5.32 Å². The van der Waals surface area contributed by atoms with Crippen molar-refractivity contribution >= 4 is 11.9 Å². The van der Waals surface area contributed by atoms with E-state index in [2.05, 4.69) is 5.32 Å². The van der Waals surface area contributed by atoms with Crippen molar-refractivity contribution in [2.45, 2.75) is 38.6 Å². The quantitative estimate of drug-likeness (QED) is 0.660. The van der Waals surface area contributed by atoms with Gasteiger partial charge in [0.1, 0.15) is 0 Å². The fourth-order valence-electron chi connectivity index (χ4n) is 1.95. The van der Waals surface area contributed by atoms with E-state index < -0.39 is 5.97 Å². The van der Waals surface area contributed by atoms with Crippen LogP contribution in [0.5, 0.6) is 0 Å². The van der Waals surface area contributed by atoms with Gasteiger partial charge in [-0.05, 0) is 26.2 Å². The minimum Gasteiger partial charge on any atom is -0.481 e. The lowest BCUT2D eigenvalue weighted by Gasteiger charge is -2.12. The molecular formula is C11H19NO4. The van der Waals surface area contributed by atoms with E-state index >= 15 is 0 Å². The SMILES string of the molecule is CCOCCC(=O)N[C@@H]1CC[C@H](C(=O)O)C1. The second-order valence-electron chi connectivity index (χ2n) is 4.06. The van der Waals surface area contributed by atoms with E-state index in [1.165, 1.54) is 0 Å². The molecule has 0 aliphatic heterocycles. The minimum absolute atomic E-state index is 0.0234. The van der Waals surface area contributed by atoms with Crippen LogP contribution in [0.25, 0.3) is 0 Å². The number of hydrogen-bond donors (Lipinski definition) is 2. The molecule has 1 fully saturated rings. The predicted molar refractivity (Wildman–Crippen MR) is 58.0 cm³/mol. The van der Waals surface area contributed by atoms with Gasteiger partial charge in [-0.2, -0.15) is 0 Å². The summed E-state index contributed by atoms with van der Waals surface area (Å²) in [6.45, 7) is 2.92. The first kappa shape index (κ1) is 13.0. The van der Waals surface area contributed by atoms with E-state index in [0.717, 1.165) is 6.42 Å². The molecule has 0 aromatic rings. The van der Waals surface area contributed by atoms with Gasteiger partial charge in [-0.3, -0.25) is 9.59 Å². The Hall–Kier alpha value is -1.10. The van der Waals surface area contributed by atoms with Gasteiger partial charge in [-0.1, -0.05) is 0 Å². The second kappa shape index (κ2) is 6.48. The Morgan fingerprint density at radius 3 is 2.75 bits per heavy atom. The van der Waals surface area contributed by atoms with Gasteiger partial charge < -0.3 is 15.2 Å². The predicted octanol–water partition coefficient (Wildman–Crippen LogP) is 0.782. The van der Waals surface area contributed by atoms with Crippen molar-refractivity contribution in [3.63, 3.8) is 0 Å². The maximum Gasteiger partial charge on any atom is 0.306 e. The van der Waals surface area contributed by atoms with Gasteiger partial charge in [0.25, 0.3) is 0 Å². The maximum absolute atomic E-state index is 11.4. The Labute approximate surface area is 95.2 Å². The van der Waals surface area contributed by atoms with E-state index in [4.69, 9.17) is 9.84 Å². The van der Waals surface area contributed by atoms with Gasteiger partial charge in [-0.15, -0.1) is 0 Å². The average molecular weight is 229 g/mol. The third-order valence-electron chi connectivity index (χ3n) is 2.82. The molecule has 5 nitrogen and oxygen atoms in total. The highest BCUT2D eigenvalue weighted by Crippen LogP contribution is 2.25. The number of nitrogens with one attached hydrogen (secondary N) is 1. The molecular weight excluding hydrogens is 210 g/mol. The molecule has 1 amide bonds. The maximum atomic E-state index is 11.4. The van der Waals surface area contributed by atoms with Gasteiger partial charge >= 0.3 is 5.97 Å². The lowest BCUT2D eigenvalue weighted by atomic mass is 10.1. The number of carbonyl (C=O) groups is 2. The fourth-order valence-corrected chi connectivity index (χ4v) is 1.95. The summed E-state index contributed by atoms with van der Waals surface area (Å²) in [5.41, 5.74) is 0. The van der Waals surface area contributed by atoms with Crippen molar-refractivity contribution in [1.29, 1.82) is 0 Å². The van der Waals surface area contributed by atoms with Crippen LogP contribution in [0.1, 0.15) is 32.6 Å². The third-order valence-corrected chi connectivity index (χ3v) is 2.82. The smallest absolute Gasteiger partial charge is 0.306 e. The molecule has 1 saturated carbocycles. The zero-order valence-electron chi connectivity index (χ0n) is 9.57. The molecule has 0 aromatic heterocycles. The first-order valence-electron chi connectivity index (χ1n) is 5.73. The molecule has 0 unspecified atom stereocenters. The zero-order valence-corrected chi connectivity index (χ0v) is 9.57. The van der Waals surface area contributed by atoms with Gasteiger partial charge in [0.05, 0.1) is 12.5 Å². The van der Waals surface area contributed by atoms with Crippen LogP contribution >= 0.6 is 0 Å². The largest absolute Gasteiger partial charge is 0.481 e. The summed E-state index contributed by atoms with van der Waals surface area (Å²) in [6, 6.07) is 0.0234. The van der Waals surface area contributed by atoms with Crippen molar-refractivity contribution in [3.8, 4) is 0 Å². The highest BCUT2D eigenvalue weighted by atomic mass is 16.5. The van der Waals surface area contributed by atoms with Crippen molar-refractivity contribution in [2.75, 3.05) is 13.2 Å². The first-order valence-corrected chi connectivity index (χ1v) is 5.73. The Bertz CT molecular complexity index is 254. The highest BCUT2D eigenvalue weighted by molar-refractivity contribution is 5.76. The number of carboxylic acid groups (broad SMARTS) is 1. The number of ether oxygens (including phenoxy) is 1. The van der Waals surface area contributed by atoms with Crippen molar-refractivity contribution in [1.82, 2.24) is 5.32 Å². The van der Waals surface area contributed by atoms with Crippen LogP contribution in [0.4, 0.5) is 0 Å². The molecule has 0 heterocycles. The third kappa shape index (κ3) is 4.18. The molecule has 0 aromatic carbocycles. The molecule has 5 heteroatoms. The van der Waals surface area contributed by atoms with E-state index in [0.29, 0.717) is 32.5 Å². The normalized spacial score (nSPS) is 24.3. The molecule has 1 aliphatic rings. The Morgan fingerprint density at radius 2 is 2.19 bits per heavy atom. The standard InChI is InChI=1S/C11H19NO4/c1-2-16-6-5-10(13)12-9-4-3-8(7-9)11(14)15/h8-9H,2-7H2,1H3,(H,12,13)(H,14,15)/t8-,9+/m0/s1. The van der Waals surface area contributed by atoms with E-state index in [1.807, 2.05) is 6.92 Å². The van der Waals surface area contributed by atoms with Crippen molar-refractivity contribution < 1.29 is 19.4 Å². The molecule has 0 spiro atoms. The lowest BCUT2D eigenvalue weighted by Crippen LogP contribution is -2.33. The molecule has 1 rings (SSSR count). The molecule has 0 radical (unpaired) electrons. The molecule has 0 bridgehead atoms. The average Bonchev–Trinajstić information content (AvgIpc) is 2.66. The topological polar surface area (TPSA) is 75.6 Å². The number of aliphatic carboxylic acids is 1. The number of rotatable bonds is 6. The molecule has 2 atom stereocenters. The van der Waals surface area contributed by atoms with Crippen LogP contribution in [0.15, 0.2) is 0 Å². The Balaban J connectivity index is 2.18. The number of carboxylic acids is 1. The van der Waals surface area contributed by atoms with Gasteiger partial charge in [0.2, 0.25) is 5.91 Å². The Kier molecular flexibility index (Phi) is 5.25. The van der Waals surface area contributed by atoms with E-state index in [-0.39, 0.29) is 17.9 Å². The van der Waals surface area contributed by atoms with Crippen LogP contribution in [-0.4, -0.2) is 36.2 Å². The number of amides is 1. The fraction of sp³-hybridized carbons (Fsp3) is 0.818. The van der Waals surface area contributed by atoms with E-state index in [9.17, 15) is 9.59 Å². The Morgan fingerprint density at radius 1 is 1.44 bits per heavy atom. The summed E-state index contributed by atoms with van der Waals surface area (Å²) in [5.74, 6) is -1.10. The van der Waals surface area contributed by atoms with Crippen LogP contribution in [0.2, 0.25) is 0 Å². The van der Waals surface area contributed by atoms with Crippen LogP contribution in [0.3, 0.4) is 0 Å². The summed E-state index contributed by atoms with van der Waals surface area (Å²) in [5, 5.41) is 11.6. The molecule has 92 valence electrons. The van der Waals surface area contributed by atoms with Crippen molar-refractivity contribution in [3.05, 3.63) is 0 Å². The molecule has 1 aliphatic carbocycles. The van der Waals surface area contributed by atoms with Gasteiger partial charge in [0.15, 0.2) is 0 Å². The monoisotopic (exact) mass is 229 g/mol. The van der Waals surface area contributed by atoms with Crippen molar-refractivity contribution in [2.24, 2.45) is 5.92 Å². The van der Waals surface area contributed by atoms with E-state index in [1.54, 1.807) is 0 Å². The number of hydrogen-bond acceptors (Lipinski definition) is 3.